The summed E-state index contributed by atoms with van der Waals surface area (Å²) < 4.78 is 0.273. The number of allylic oxidation sites excluding steroid dienone is 3. The second kappa shape index (κ2) is 5.20. The molecule has 10 heavy (non-hydrogen) atoms. The maximum atomic E-state index is 8.41. The van der Waals surface area contributed by atoms with E-state index in [-0.39, 0.29) is 11.2 Å². The SMILES string of the molecule is N=C(Br)C=CC=C(N)CO. The molecule has 0 aliphatic rings. The minimum atomic E-state index is -0.153. The van der Waals surface area contributed by atoms with Gasteiger partial charge in [0.05, 0.1) is 11.2 Å². The van der Waals surface area contributed by atoms with E-state index in [0.717, 1.165) is 0 Å². The smallest absolute Gasteiger partial charge is 0.0966 e. The second-order valence-electron chi connectivity index (χ2n) is 1.61. The number of hydrogen-bond acceptors (Lipinski definition) is 3. The molecule has 0 heterocycles. The monoisotopic (exact) mass is 204 g/mol. The van der Waals surface area contributed by atoms with Crippen molar-refractivity contribution in [2.45, 2.75) is 0 Å². The standard InChI is InChI=1S/C6H9BrN2O/c7-6(9)3-1-2-5(8)4-10/h1-3,9-10H,4,8H2. The van der Waals surface area contributed by atoms with E-state index in [0.29, 0.717) is 5.70 Å². The Kier molecular flexibility index (Phi) is 4.88. The third kappa shape index (κ3) is 5.53. The van der Waals surface area contributed by atoms with Crippen LogP contribution in [0.3, 0.4) is 0 Å². The van der Waals surface area contributed by atoms with Gasteiger partial charge in [0.1, 0.15) is 0 Å². The van der Waals surface area contributed by atoms with Crippen molar-refractivity contribution < 1.29 is 5.11 Å². The van der Waals surface area contributed by atoms with Crippen LogP contribution < -0.4 is 5.73 Å². The number of aliphatic hydroxyl groups excluding tert-OH is 1. The van der Waals surface area contributed by atoms with E-state index >= 15 is 0 Å². The number of halogens is 1. The highest BCUT2D eigenvalue weighted by Crippen LogP contribution is 1.89. The lowest BCUT2D eigenvalue weighted by molar-refractivity contribution is 0.330. The fourth-order valence-corrected chi connectivity index (χ4v) is 0.462. The number of aliphatic hydroxyl groups is 1. The van der Waals surface area contributed by atoms with Gasteiger partial charge in [0, 0.05) is 5.70 Å². The van der Waals surface area contributed by atoms with E-state index in [9.17, 15) is 0 Å². The molecule has 0 unspecified atom stereocenters. The van der Waals surface area contributed by atoms with Crippen LogP contribution in [0.1, 0.15) is 0 Å². The summed E-state index contributed by atoms with van der Waals surface area (Å²) in [5.41, 5.74) is 5.61. The average Bonchev–Trinajstić information content (AvgIpc) is 1.87. The molecule has 0 aromatic rings. The molecule has 0 aliphatic heterocycles. The van der Waals surface area contributed by atoms with E-state index in [2.05, 4.69) is 15.9 Å². The van der Waals surface area contributed by atoms with Crippen molar-refractivity contribution in [1.29, 1.82) is 5.41 Å². The van der Waals surface area contributed by atoms with Crippen LogP contribution in [0.5, 0.6) is 0 Å². The van der Waals surface area contributed by atoms with Gasteiger partial charge in [-0.2, -0.15) is 0 Å². The molecule has 0 saturated heterocycles. The highest BCUT2D eigenvalue weighted by Gasteiger charge is 1.80. The lowest BCUT2D eigenvalue weighted by Gasteiger charge is -1.88. The van der Waals surface area contributed by atoms with Crippen LogP contribution in [-0.4, -0.2) is 16.3 Å². The Hall–Kier alpha value is -0.610. The number of nitrogens with one attached hydrogen (secondary N) is 1. The van der Waals surface area contributed by atoms with E-state index in [4.69, 9.17) is 16.2 Å². The van der Waals surface area contributed by atoms with Gasteiger partial charge in [0.2, 0.25) is 0 Å². The Bertz CT molecular complexity index is 175. The normalized spacial score (nSPS) is 12.4. The molecule has 0 atom stereocenters. The van der Waals surface area contributed by atoms with Crippen LogP contribution >= 0.6 is 15.9 Å². The highest BCUT2D eigenvalue weighted by atomic mass is 79.9. The minimum Gasteiger partial charge on any atom is -0.400 e. The zero-order chi connectivity index (χ0) is 7.98. The molecular formula is C6H9BrN2O. The zero-order valence-electron chi connectivity index (χ0n) is 5.34. The van der Waals surface area contributed by atoms with Gasteiger partial charge in [-0.05, 0) is 28.1 Å². The molecule has 0 rings (SSSR count). The molecule has 0 aromatic heterocycles. The molecule has 0 amide bonds. The topological polar surface area (TPSA) is 70.1 Å². The van der Waals surface area contributed by atoms with Crippen LogP contribution in [-0.2, 0) is 0 Å². The molecule has 0 fully saturated rings. The highest BCUT2D eigenvalue weighted by molar-refractivity contribution is 9.18. The predicted molar refractivity (Wildman–Crippen MR) is 45.1 cm³/mol. The molecular weight excluding hydrogens is 196 g/mol. The lowest BCUT2D eigenvalue weighted by atomic mass is 10.4. The molecule has 3 nitrogen and oxygen atoms in total. The second-order valence-corrected chi connectivity index (χ2v) is 2.46. The van der Waals surface area contributed by atoms with Crippen molar-refractivity contribution in [3.63, 3.8) is 0 Å². The van der Waals surface area contributed by atoms with Gasteiger partial charge in [0.25, 0.3) is 0 Å². The van der Waals surface area contributed by atoms with E-state index < -0.39 is 0 Å². The van der Waals surface area contributed by atoms with Gasteiger partial charge >= 0.3 is 0 Å². The fraction of sp³-hybridized carbons (Fsp3) is 0.167. The predicted octanol–water partition coefficient (Wildman–Crippen LogP) is 0.750. The minimum absolute atomic E-state index is 0.153. The Labute approximate surface area is 67.9 Å². The Morgan fingerprint density at radius 2 is 2.30 bits per heavy atom. The summed E-state index contributed by atoms with van der Waals surface area (Å²) >= 11 is 2.91. The van der Waals surface area contributed by atoms with Crippen molar-refractivity contribution >= 4 is 20.6 Å². The third-order valence-corrected chi connectivity index (χ3v) is 1.000. The first kappa shape index (κ1) is 9.39. The van der Waals surface area contributed by atoms with Crippen molar-refractivity contribution in [1.82, 2.24) is 0 Å². The van der Waals surface area contributed by atoms with Crippen LogP contribution in [0, 0.1) is 5.41 Å². The van der Waals surface area contributed by atoms with Gasteiger partial charge in [-0.1, -0.05) is 6.08 Å². The first-order chi connectivity index (χ1) is 4.66. The molecule has 0 aromatic carbocycles. The zero-order valence-corrected chi connectivity index (χ0v) is 6.93. The van der Waals surface area contributed by atoms with Gasteiger partial charge in [-0.3, -0.25) is 5.41 Å². The molecule has 0 saturated carbocycles. The Morgan fingerprint density at radius 3 is 2.70 bits per heavy atom. The Morgan fingerprint density at radius 1 is 1.70 bits per heavy atom. The molecule has 4 N–H and O–H groups in total. The van der Waals surface area contributed by atoms with Crippen LogP contribution in [0.2, 0.25) is 0 Å². The van der Waals surface area contributed by atoms with Crippen LogP contribution in [0.25, 0.3) is 0 Å². The largest absolute Gasteiger partial charge is 0.400 e. The van der Waals surface area contributed by atoms with Crippen LogP contribution in [0.15, 0.2) is 23.9 Å². The molecule has 0 bridgehead atoms. The number of rotatable bonds is 3. The summed E-state index contributed by atoms with van der Waals surface area (Å²) in [5, 5.41) is 15.3. The van der Waals surface area contributed by atoms with Gasteiger partial charge in [-0.15, -0.1) is 0 Å². The maximum absolute atomic E-state index is 8.41. The van der Waals surface area contributed by atoms with Gasteiger partial charge < -0.3 is 10.8 Å². The van der Waals surface area contributed by atoms with Crippen molar-refractivity contribution in [3.05, 3.63) is 23.9 Å². The van der Waals surface area contributed by atoms with Crippen molar-refractivity contribution in [3.8, 4) is 0 Å². The molecule has 0 aliphatic carbocycles. The van der Waals surface area contributed by atoms with Crippen LogP contribution in [0.4, 0.5) is 0 Å². The summed E-state index contributed by atoms with van der Waals surface area (Å²) in [6.45, 7) is -0.153. The van der Waals surface area contributed by atoms with E-state index in [1.807, 2.05) is 0 Å². The number of hydrogen-bond donors (Lipinski definition) is 3. The Balaban J connectivity index is 3.82. The first-order valence-corrected chi connectivity index (χ1v) is 3.43. The summed E-state index contributed by atoms with van der Waals surface area (Å²) in [6.07, 6.45) is 4.64. The summed E-state index contributed by atoms with van der Waals surface area (Å²) in [6, 6.07) is 0. The third-order valence-electron chi connectivity index (χ3n) is 0.735. The van der Waals surface area contributed by atoms with Gasteiger partial charge in [-0.25, -0.2) is 0 Å². The first-order valence-electron chi connectivity index (χ1n) is 2.64. The van der Waals surface area contributed by atoms with E-state index in [1.165, 1.54) is 12.2 Å². The molecule has 56 valence electrons. The summed E-state index contributed by atoms with van der Waals surface area (Å²) in [7, 11) is 0. The molecule has 0 radical (unpaired) electrons. The quantitative estimate of drug-likeness (QED) is 0.470. The summed E-state index contributed by atoms with van der Waals surface area (Å²) in [5.74, 6) is 0. The van der Waals surface area contributed by atoms with Gasteiger partial charge in [0.15, 0.2) is 0 Å². The fourth-order valence-electron chi connectivity index (χ4n) is 0.309. The van der Waals surface area contributed by atoms with Crippen molar-refractivity contribution in [2.75, 3.05) is 6.61 Å². The van der Waals surface area contributed by atoms with Crippen molar-refractivity contribution in [2.24, 2.45) is 5.73 Å². The maximum Gasteiger partial charge on any atom is 0.0966 e. The lowest BCUT2D eigenvalue weighted by Crippen LogP contribution is -2.00. The molecule has 4 heteroatoms. The summed E-state index contributed by atoms with van der Waals surface area (Å²) in [4.78, 5) is 0. The molecule has 0 spiro atoms. The van der Waals surface area contributed by atoms with E-state index in [1.54, 1.807) is 6.08 Å². The average molecular weight is 205 g/mol. The number of nitrogens with two attached hydrogens (primary N) is 1.